The van der Waals surface area contributed by atoms with Crippen LogP contribution in [-0.2, 0) is 9.59 Å². The van der Waals surface area contributed by atoms with Crippen molar-refractivity contribution in [2.75, 3.05) is 11.9 Å². The van der Waals surface area contributed by atoms with E-state index in [1.54, 1.807) is 13.8 Å². The molecule has 2 amide bonds. The Labute approximate surface area is 136 Å². The summed E-state index contributed by atoms with van der Waals surface area (Å²) in [7, 11) is 0. The van der Waals surface area contributed by atoms with Crippen molar-refractivity contribution < 1.29 is 22.8 Å². The number of alkyl halides is 3. The van der Waals surface area contributed by atoms with E-state index >= 15 is 0 Å². The van der Waals surface area contributed by atoms with Crippen LogP contribution in [0.25, 0.3) is 0 Å². The summed E-state index contributed by atoms with van der Waals surface area (Å²) in [6.07, 6.45) is 0. The molecule has 4 N–H and O–H groups in total. The summed E-state index contributed by atoms with van der Waals surface area (Å²) in [4.78, 5) is 23.3. The molecule has 1 aromatic carbocycles. The molecule has 1 atom stereocenters. The van der Waals surface area contributed by atoms with Gasteiger partial charge in [0.1, 0.15) is 0 Å². The molecule has 23 heavy (non-hydrogen) atoms. The Hall–Kier alpha value is -1.74. The zero-order chi connectivity index (χ0) is 17.6. The molecule has 9 heteroatoms. The van der Waals surface area contributed by atoms with Gasteiger partial charge in [-0.1, -0.05) is 26.0 Å². The predicted molar refractivity (Wildman–Crippen MR) is 82.8 cm³/mol. The number of halogens is 3. The number of nitrogens with one attached hydrogen (secondary N) is 2. The van der Waals surface area contributed by atoms with Gasteiger partial charge in [-0.3, -0.25) is 9.59 Å². The Morgan fingerprint density at radius 2 is 1.87 bits per heavy atom. The van der Waals surface area contributed by atoms with Crippen molar-refractivity contribution in [1.82, 2.24) is 5.32 Å². The maximum Gasteiger partial charge on any atom is 0.446 e. The fourth-order valence-corrected chi connectivity index (χ4v) is 2.19. The Balaban J connectivity index is 2.63. The molecule has 0 fully saturated rings. The SMILES string of the molecule is CC(C)[C@H](N)C(=O)NCC(=O)Nc1ccccc1SC(F)(F)F. The van der Waals surface area contributed by atoms with Crippen LogP contribution >= 0.6 is 11.8 Å². The van der Waals surface area contributed by atoms with Gasteiger partial charge in [-0.15, -0.1) is 0 Å². The maximum absolute atomic E-state index is 12.5. The second-order valence-electron chi connectivity index (χ2n) is 5.08. The molecule has 0 saturated heterocycles. The minimum absolute atomic E-state index is 0.0298. The summed E-state index contributed by atoms with van der Waals surface area (Å²) in [5.41, 5.74) is 1.19. The van der Waals surface area contributed by atoms with Gasteiger partial charge in [0.25, 0.3) is 0 Å². The summed E-state index contributed by atoms with van der Waals surface area (Å²) < 4.78 is 37.4. The number of carbonyl (C=O) groups is 2. The van der Waals surface area contributed by atoms with Gasteiger partial charge in [0, 0.05) is 4.90 Å². The lowest BCUT2D eigenvalue weighted by Crippen LogP contribution is -2.46. The van der Waals surface area contributed by atoms with Crippen molar-refractivity contribution in [1.29, 1.82) is 0 Å². The summed E-state index contributed by atoms with van der Waals surface area (Å²) in [5, 5.41) is 4.69. The molecule has 1 rings (SSSR count). The Morgan fingerprint density at radius 3 is 2.43 bits per heavy atom. The number of carbonyl (C=O) groups excluding carboxylic acids is 2. The molecule has 0 aliphatic rings. The van der Waals surface area contributed by atoms with E-state index in [2.05, 4.69) is 10.6 Å². The van der Waals surface area contributed by atoms with Crippen LogP contribution in [0.15, 0.2) is 29.2 Å². The quantitative estimate of drug-likeness (QED) is 0.688. The highest BCUT2D eigenvalue weighted by molar-refractivity contribution is 8.00. The fraction of sp³-hybridized carbons (Fsp3) is 0.429. The van der Waals surface area contributed by atoms with Gasteiger partial charge >= 0.3 is 5.51 Å². The van der Waals surface area contributed by atoms with Crippen LogP contribution in [0.1, 0.15) is 13.8 Å². The first-order valence-corrected chi connectivity index (χ1v) is 7.59. The van der Waals surface area contributed by atoms with Crippen molar-refractivity contribution in [2.24, 2.45) is 11.7 Å². The van der Waals surface area contributed by atoms with Gasteiger partial charge < -0.3 is 16.4 Å². The zero-order valence-corrected chi connectivity index (χ0v) is 13.4. The van der Waals surface area contributed by atoms with Crippen molar-refractivity contribution >= 4 is 29.3 Å². The molecule has 0 heterocycles. The number of anilines is 1. The number of nitrogens with two attached hydrogens (primary N) is 1. The minimum Gasteiger partial charge on any atom is -0.346 e. The lowest BCUT2D eigenvalue weighted by Gasteiger charge is -2.16. The molecule has 0 aliphatic heterocycles. The average molecular weight is 349 g/mol. The van der Waals surface area contributed by atoms with Gasteiger partial charge in [0.15, 0.2) is 0 Å². The number of para-hydroxylation sites is 1. The lowest BCUT2D eigenvalue weighted by molar-refractivity contribution is -0.125. The predicted octanol–water partition coefficient (Wildman–Crippen LogP) is 2.34. The normalized spacial score (nSPS) is 12.8. The lowest BCUT2D eigenvalue weighted by atomic mass is 10.1. The monoisotopic (exact) mass is 349 g/mol. The molecule has 0 aliphatic carbocycles. The molecule has 0 unspecified atom stereocenters. The molecule has 1 aromatic rings. The van der Waals surface area contributed by atoms with E-state index in [0.717, 1.165) is 0 Å². The molecular formula is C14H18F3N3O2S. The van der Waals surface area contributed by atoms with Crippen molar-refractivity contribution in [3.63, 3.8) is 0 Å². The van der Waals surface area contributed by atoms with Crippen LogP contribution in [-0.4, -0.2) is 29.9 Å². The first-order chi connectivity index (χ1) is 10.6. The number of hydrogen-bond acceptors (Lipinski definition) is 4. The van der Waals surface area contributed by atoms with E-state index in [-0.39, 0.29) is 34.8 Å². The molecule has 0 aromatic heterocycles. The highest BCUT2D eigenvalue weighted by Gasteiger charge is 2.30. The van der Waals surface area contributed by atoms with Crippen LogP contribution < -0.4 is 16.4 Å². The number of amides is 2. The van der Waals surface area contributed by atoms with Crippen molar-refractivity contribution in [3.05, 3.63) is 24.3 Å². The topological polar surface area (TPSA) is 84.2 Å². The fourth-order valence-electron chi connectivity index (χ4n) is 1.57. The average Bonchev–Trinajstić information content (AvgIpc) is 2.44. The van der Waals surface area contributed by atoms with Gasteiger partial charge in [-0.05, 0) is 29.8 Å². The largest absolute Gasteiger partial charge is 0.446 e. The van der Waals surface area contributed by atoms with Crippen LogP contribution in [0.5, 0.6) is 0 Å². The van der Waals surface area contributed by atoms with E-state index in [4.69, 9.17) is 5.73 Å². The van der Waals surface area contributed by atoms with Crippen LogP contribution in [0.4, 0.5) is 18.9 Å². The highest BCUT2D eigenvalue weighted by atomic mass is 32.2. The van der Waals surface area contributed by atoms with Crippen LogP contribution in [0, 0.1) is 5.92 Å². The Morgan fingerprint density at radius 1 is 1.26 bits per heavy atom. The zero-order valence-electron chi connectivity index (χ0n) is 12.6. The van der Waals surface area contributed by atoms with E-state index in [1.807, 2.05) is 0 Å². The third-order valence-electron chi connectivity index (χ3n) is 2.83. The van der Waals surface area contributed by atoms with E-state index in [9.17, 15) is 22.8 Å². The number of benzene rings is 1. The summed E-state index contributed by atoms with van der Waals surface area (Å²) in [6, 6.07) is 4.79. The summed E-state index contributed by atoms with van der Waals surface area (Å²) >= 11 is -0.320. The molecule has 0 radical (unpaired) electrons. The molecule has 0 spiro atoms. The second kappa shape index (κ2) is 8.21. The first kappa shape index (κ1) is 19.3. The first-order valence-electron chi connectivity index (χ1n) is 6.78. The number of rotatable bonds is 6. The number of thioether (sulfide) groups is 1. The highest BCUT2D eigenvalue weighted by Crippen LogP contribution is 2.40. The van der Waals surface area contributed by atoms with E-state index in [1.165, 1.54) is 24.3 Å². The summed E-state index contributed by atoms with van der Waals surface area (Å²) in [5.74, 6) is -1.22. The van der Waals surface area contributed by atoms with Gasteiger partial charge in [0.2, 0.25) is 11.8 Å². The third kappa shape index (κ3) is 6.91. The number of hydrogen-bond donors (Lipinski definition) is 3. The van der Waals surface area contributed by atoms with Crippen molar-refractivity contribution in [3.8, 4) is 0 Å². The van der Waals surface area contributed by atoms with Crippen molar-refractivity contribution in [2.45, 2.75) is 30.3 Å². The van der Waals surface area contributed by atoms with Crippen LogP contribution in [0.3, 0.4) is 0 Å². The molecular weight excluding hydrogens is 331 g/mol. The molecule has 128 valence electrons. The second-order valence-corrected chi connectivity index (χ2v) is 6.19. The molecule has 5 nitrogen and oxygen atoms in total. The maximum atomic E-state index is 12.5. The van der Waals surface area contributed by atoms with Gasteiger partial charge in [0.05, 0.1) is 18.3 Å². The van der Waals surface area contributed by atoms with Gasteiger partial charge in [-0.2, -0.15) is 13.2 Å². The third-order valence-corrected chi connectivity index (χ3v) is 3.64. The van der Waals surface area contributed by atoms with Gasteiger partial charge in [-0.25, -0.2) is 0 Å². The Bertz CT molecular complexity index is 564. The molecule has 0 bridgehead atoms. The standard InChI is InChI=1S/C14H18F3N3O2S/c1-8(2)12(18)13(22)19-7-11(21)20-9-5-3-4-6-10(9)23-14(15,16)17/h3-6,8,12H,7,18H2,1-2H3,(H,19,22)(H,20,21)/t12-/m0/s1. The summed E-state index contributed by atoms with van der Waals surface area (Å²) in [6.45, 7) is 3.15. The minimum atomic E-state index is -4.46. The smallest absolute Gasteiger partial charge is 0.346 e. The van der Waals surface area contributed by atoms with Crippen LogP contribution in [0.2, 0.25) is 0 Å². The van der Waals surface area contributed by atoms with E-state index < -0.39 is 23.4 Å². The molecule has 0 saturated carbocycles. The Kier molecular flexibility index (Phi) is 6.89. The van der Waals surface area contributed by atoms with E-state index in [0.29, 0.717) is 0 Å².